The van der Waals surface area contributed by atoms with Gasteiger partial charge in [-0.25, -0.2) is 4.98 Å². The lowest BCUT2D eigenvalue weighted by Gasteiger charge is -2.34. The van der Waals surface area contributed by atoms with E-state index in [0.29, 0.717) is 32.1 Å². The summed E-state index contributed by atoms with van der Waals surface area (Å²) in [5.41, 5.74) is 1.21. The summed E-state index contributed by atoms with van der Waals surface area (Å²) in [4.78, 5) is 29.7. The van der Waals surface area contributed by atoms with Crippen LogP contribution in [0, 0.1) is 0 Å². The van der Waals surface area contributed by atoms with Gasteiger partial charge in [0.05, 0.1) is 31.5 Å². The van der Waals surface area contributed by atoms with Crippen LogP contribution in [0.25, 0.3) is 10.2 Å². The summed E-state index contributed by atoms with van der Waals surface area (Å²) in [7, 11) is 4.60. The smallest absolute Gasteiger partial charge is 0.320 e. The number of fused-ring (bicyclic) bond motifs is 1. The molecule has 2 aromatic heterocycles. The molecule has 1 aliphatic heterocycles. The fourth-order valence-electron chi connectivity index (χ4n) is 3.13. The molecule has 0 bridgehead atoms. The third kappa shape index (κ3) is 3.88. The molecule has 0 unspecified atom stereocenters. The summed E-state index contributed by atoms with van der Waals surface area (Å²) in [6, 6.07) is 7.50. The molecule has 1 amide bonds. The number of hydrogen-bond donors (Lipinski definition) is 0. The Morgan fingerprint density at radius 2 is 1.76 bits per heavy atom. The van der Waals surface area contributed by atoms with E-state index in [4.69, 9.17) is 19.2 Å². The van der Waals surface area contributed by atoms with Gasteiger partial charge in [-0.3, -0.25) is 4.79 Å². The van der Waals surface area contributed by atoms with Crippen molar-refractivity contribution in [1.82, 2.24) is 19.9 Å². The Morgan fingerprint density at radius 1 is 0.966 bits per heavy atom. The molecular weight excluding hydrogens is 394 g/mol. The van der Waals surface area contributed by atoms with Crippen LogP contribution in [0.5, 0.6) is 17.6 Å². The molecule has 9 nitrogen and oxygen atoms in total. The minimum atomic E-state index is -0.169. The fraction of sp³-hybridized carbons (Fsp3) is 0.368. The summed E-state index contributed by atoms with van der Waals surface area (Å²) in [5, 5.41) is 0.950. The highest BCUT2D eigenvalue weighted by Gasteiger charge is 2.25. The van der Waals surface area contributed by atoms with E-state index in [9.17, 15) is 4.79 Å². The van der Waals surface area contributed by atoms with Gasteiger partial charge in [-0.05, 0) is 18.2 Å². The third-order valence-electron chi connectivity index (χ3n) is 4.71. The van der Waals surface area contributed by atoms with Crippen molar-refractivity contribution in [3.63, 3.8) is 0 Å². The van der Waals surface area contributed by atoms with Crippen LogP contribution in [0.3, 0.4) is 0 Å². The molecule has 0 atom stereocenters. The highest BCUT2D eigenvalue weighted by atomic mass is 32.1. The highest BCUT2D eigenvalue weighted by Crippen LogP contribution is 2.32. The lowest BCUT2D eigenvalue weighted by Crippen LogP contribution is -2.49. The summed E-state index contributed by atoms with van der Waals surface area (Å²) < 4.78 is 16.6. The molecule has 4 rings (SSSR count). The maximum absolute atomic E-state index is 12.9. The van der Waals surface area contributed by atoms with Gasteiger partial charge in [0.2, 0.25) is 5.88 Å². The van der Waals surface area contributed by atoms with Crippen LogP contribution in [-0.4, -0.2) is 73.3 Å². The van der Waals surface area contributed by atoms with Crippen molar-refractivity contribution in [2.24, 2.45) is 0 Å². The van der Waals surface area contributed by atoms with Gasteiger partial charge in [0.15, 0.2) is 5.13 Å². The molecule has 0 saturated carbocycles. The molecule has 3 heterocycles. The topological polar surface area (TPSA) is 89.9 Å². The fourth-order valence-corrected chi connectivity index (χ4v) is 4.17. The number of rotatable bonds is 5. The first-order valence-corrected chi connectivity index (χ1v) is 9.89. The Bertz CT molecular complexity index is 1010. The molecule has 0 radical (unpaired) electrons. The number of piperazine rings is 1. The largest absolute Gasteiger partial charge is 0.497 e. The molecule has 0 aliphatic carbocycles. The lowest BCUT2D eigenvalue weighted by molar-refractivity contribution is 0.0739. The van der Waals surface area contributed by atoms with Crippen molar-refractivity contribution in [2.75, 3.05) is 52.4 Å². The summed E-state index contributed by atoms with van der Waals surface area (Å²) >= 11 is 1.63. The number of carbonyl (C=O) groups is 1. The number of amides is 1. The van der Waals surface area contributed by atoms with Crippen molar-refractivity contribution in [3.05, 3.63) is 30.0 Å². The van der Waals surface area contributed by atoms with Crippen LogP contribution in [0.4, 0.5) is 5.13 Å². The second-order valence-corrected chi connectivity index (χ2v) is 7.40. The van der Waals surface area contributed by atoms with Crippen molar-refractivity contribution in [3.8, 4) is 17.6 Å². The average Bonchev–Trinajstić information content (AvgIpc) is 3.21. The zero-order valence-electron chi connectivity index (χ0n) is 16.4. The molecule has 1 aliphatic rings. The maximum Gasteiger partial charge on any atom is 0.320 e. The number of ether oxygens (including phenoxy) is 3. The first-order valence-electron chi connectivity index (χ1n) is 9.07. The Balaban J connectivity index is 1.46. The number of aromatic nitrogens is 3. The number of hydrogen-bond acceptors (Lipinski definition) is 9. The van der Waals surface area contributed by atoms with Gasteiger partial charge in [0, 0.05) is 32.2 Å². The first kappa shape index (κ1) is 19.2. The van der Waals surface area contributed by atoms with E-state index in [0.717, 1.165) is 21.1 Å². The van der Waals surface area contributed by atoms with E-state index in [-0.39, 0.29) is 17.6 Å². The zero-order chi connectivity index (χ0) is 20.4. The first-order chi connectivity index (χ1) is 14.1. The predicted octanol–water partition coefficient (Wildman–Crippen LogP) is 2.07. The van der Waals surface area contributed by atoms with Crippen molar-refractivity contribution >= 4 is 32.6 Å². The van der Waals surface area contributed by atoms with E-state index < -0.39 is 0 Å². The average molecular weight is 415 g/mol. The summed E-state index contributed by atoms with van der Waals surface area (Å²) in [6.45, 7) is 2.55. The van der Waals surface area contributed by atoms with Crippen LogP contribution in [0.2, 0.25) is 0 Å². The second kappa shape index (κ2) is 8.08. The van der Waals surface area contributed by atoms with E-state index in [1.165, 1.54) is 20.3 Å². The van der Waals surface area contributed by atoms with Gasteiger partial charge in [-0.2, -0.15) is 9.97 Å². The second-order valence-electron chi connectivity index (χ2n) is 6.39. The highest BCUT2D eigenvalue weighted by molar-refractivity contribution is 7.22. The van der Waals surface area contributed by atoms with Crippen LogP contribution in [0.15, 0.2) is 24.3 Å². The van der Waals surface area contributed by atoms with Gasteiger partial charge in [-0.15, -0.1) is 0 Å². The van der Waals surface area contributed by atoms with E-state index >= 15 is 0 Å². The van der Waals surface area contributed by atoms with Crippen LogP contribution >= 0.6 is 11.3 Å². The van der Waals surface area contributed by atoms with E-state index in [2.05, 4.69) is 14.9 Å². The Labute approximate surface area is 171 Å². The summed E-state index contributed by atoms with van der Waals surface area (Å²) in [6.07, 6.45) is 0. The molecule has 3 aromatic rings. The van der Waals surface area contributed by atoms with Crippen LogP contribution in [0.1, 0.15) is 10.5 Å². The van der Waals surface area contributed by atoms with Gasteiger partial charge in [0.1, 0.15) is 11.4 Å². The van der Waals surface area contributed by atoms with E-state index in [1.54, 1.807) is 23.3 Å². The quantitative estimate of drug-likeness (QED) is 0.626. The molecule has 1 saturated heterocycles. The maximum atomic E-state index is 12.9. The minimum absolute atomic E-state index is 0.108. The summed E-state index contributed by atoms with van der Waals surface area (Å²) in [5.74, 6) is 0.945. The lowest BCUT2D eigenvalue weighted by atomic mass is 10.2. The molecule has 10 heteroatoms. The SMILES string of the molecule is COc1ccc2nc(N3CCN(C(=O)c4cc(OC)nc(OC)n4)CC3)sc2c1. The number of carbonyl (C=O) groups excluding carboxylic acids is 1. The Morgan fingerprint density at radius 3 is 2.45 bits per heavy atom. The van der Waals surface area contributed by atoms with Crippen LogP contribution in [-0.2, 0) is 0 Å². The van der Waals surface area contributed by atoms with Crippen molar-refractivity contribution in [1.29, 1.82) is 0 Å². The normalized spacial score (nSPS) is 14.2. The monoisotopic (exact) mass is 415 g/mol. The number of benzene rings is 1. The molecule has 1 fully saturated rings. The molecular formula is C19H21N5O4S. The number of thiazole rings is 1. The van der Waals surface area contributed by atoms with Gasteiger partial charge >= 0.3 is 6.01 Å². The van der Waals surface area contributed by atoms with Gasteiger partial charge in [-0.1, -0.05) is 11.3 Å². The predicted molar refractivity (Wildman–Crippen MR) is 109 cm³/mol. The molecule has 29 heavy (non-hydrogen) atoms. The standard InChI is InChI=1S/C19H21N5O4S/c1-26-12-4-5-13-15(10-12)29-19(21-13)24-8-6-23(7-9-24)17(25)14-11-16(27-2)22-18(20-14)28-3/h4-5,10-11H,6-9H2,1-3H3. The zero-order valence-corrected chi connectivity index (χ0v) is 17.2. The third-order valence-corrected chi connectivity index (χ3v) is 5.79. The minimum Gasteiger partial charge on any atom is -0.497 e. The van der Waals surface area contributed by atoms with Crippen LogP contribution < -0.4 is 19.1 Å². The number of methoxy groups -OCH3 is 3. The number of anilines is 1. The molecule has 1 aromatic carbocycles. The van der Waals surface area contributed by atoms with Gasteiger partial charge in [0.25, 0.3) is 5.91 Å². The number of nitrogens with zero attached hydrogens (tertiary/aromatic N) is 5. The molecule has 0 spiro atoms. The molecule has 0 N–H and O–H groups in total. The van der Waals surface area contributed by atoms with E-state index in [1.807, 2.05) is 18.2 Å². The van der Waals surface area contributed by atoms with Crippen molar-refractivity contribution in [2.45, 2.75) is 0 Å². The Kier molecular flexibility index (Phi) is 5.34. The Hall–Kier alpha value is -3.14. The molecule has 152 valence electrons. The van der Waals surface area contributed by atoms with Gasteiger partial charge < -0.3 is 24.0 Å². The van der Waals surface area contributed by atoms with Crippen molar-refractivity contribution < 1.29 is 19.0 Å².